The summed E-state index contributed by atoms with van der Waals surface area (Å²) in [6.45, 7) is 5.23. The first-order valence-electron chi connectivity index (χ1n) is 7.94. The fourth-order valence-corrected chi connectivity index (χ4v) is 2.29. The van der Waals surface area contributed by atoms with E-state index in [0.29, 0.717) is 19.3 Å². The van der Waals surface area contributed by atoms with Gasteiger partial charge in [-0.2, -0.15) is 4.89 Å². The van der Waals surface area contributed by atoms with Gasteiger partial charge in [-0.3, -0.25) is 9.59 Å². The zero-order valence-electron chi connectivity index (χ0n) is 14.3. The molecule has 0 aromatic rings. The molecular weight excluding hydrogens is 320 g/mol. The van der Waals surface area contributed by atoms with Crippen molar-refractivity contribution >= 4 is 17.9 Å². The van der Waals surface area contributed by atoms with E-state index in [4.69, 9.17) is 9.78 Å². The van der Waals surface area contributed by atoms with Crippen molar-refractivity contribution in [3.63, 3.8) is 0 Å². The molecule has 0 saturated carbocycles. The molecule has 1 unspecified atom stereocenters. The van der Waals surface area contributed by atoms with Crippen molar-refractivity contribution in [2.75, 3.05) is 6.61 Å². The third-order valence-electron chi connectivity index (χ3n) is 3.96. The van der Waals surface area contributed by atoms with Gasteiger partial charge in [0, 0.05) is 5.92 Å². The number of unbranched alkanes of at least 4 members (excludes halogenated alkanes) is 2. The summed E-state index contributed by atoms with van der Waals surface area (Å²) in [5.41, 5.74) is -2.71. The van der Waals surface area contributed by atoms with Crippen molar-refractivity contribution < 1.29 is 39.5 Å². The summed E-state index contributed by atoms with van der Waals surface area (Å²) in [6, 6.07) is 0. The first kappa shape index (κ1) is 21.9. The van der Waals surface area contributed by atoms with Crippen LogP contribution in [0.1, 0.15) is 52.9 Å². The minimum absolute atomic E-state index is 0.184. The summed E-state index contributed by atoms with van der Waals surface area (Å²) in [6.07, 6.45) is 3.07. The van der Waals surface area contributed by atoms with E-state index in [1.165, 1.54) is 6.92 Å². The Morgan fingerprint density at radius 3 is 2.00 bits per heavy atom. The van der Waals surface area contributed by atoms with Gasteiger partial charge in [0.25, 0.3) is 0 Å². The minimum atomic E-state index is -2.24. The van der Waals surface area contributed by atoms with E-state index < -0.39 is 34.8 Å². The average molecular weight is 346 g/mol. The van der Waals surface area contributed by atoms with E-state index in [2.05, 4.69) is 0 Å². The zero-order valence-corrected chi connectivity index (χ0v) is 14.3. The van der Waals surface area contributed by atoms with E-state index in [9.17, 15) is 29.7 Å². The van der Waals surface area contributed by atoms with Gasteiger partial charge in [-0.1, -0.05) is 40.0 Å². The predicted molar refractivity (Wildman–Crippen MR) is 84.1 cm³/mol. The van der Waals surface area contributed by atoms with Crippen molar-refractivity contribution in [3.05, 3.63) is 11.8 Å². The lowest BCUT2D eigenvalue weighted by atomic mass is 9.69. The Bertz CT molecular complexity index is 455. The van der Waals surface area contributed by atoms with Crippen LogP contribution in [0.2, 0.25) is 0 Å². The fraction of sp³-hybridized carbons (Fsp3) is 0.688. The van der Waals surface area contributed by atoms with Crippen LogP contribution in [0.4, 0.5) is 0 Å². The van der Waals surface area contributed by atoms with Crippen LogP contribution in [0.5, 0.6) is 0 Å². The largest absolute Gasteiger partial charge is 0.480 e. The Hall–Kier alpha value is -2.09. The lowest BCUT2D eigenvalue weighted by Crippen LogP contribution is -2.46. The molecule has 0 radical (unpaired) electrons. The van der Waals surface area contributed by atoms with Gasteiger partial charge in [-0.05, 0) is 12.8 Å². The molecule has 0 aliphatic rings. The highest BCUT2D eigenvalue weighted by Gasteiger charge is 2.53. The van der Waals surface area contributed by atoms with E-state index >= 15 is 0 Å². The van der Waals surface area contributed by atoms with Gasteiger partial charge < -0.3 is 20.2 Å². The predicted octanol–water partition coefficient (Wildman–Crippen LogP) is 2.69. The molecule has 0 rings (SSSR count). The lowest BCUT2D eigenvalue weighted by Gasteiger charge is -2.31. The van der Waals surface area contributed by atoms with Gasteiger partial charge in [0.15, 0.2) is 5.41 Å². The summed E-state index contributed by atoms with van der Waals surface area (Å²) in [5.74, 6) is -5.92. The van der Waals surface area contributed by atoms with Crippen molar-refractivity contribution in [2.24, 2.45) is 11.3 Å². The van der Waals surface area contributed by atoms with Crippen LogP contribution < -0.4 is 0 Å². The third-order valence-corrected chi connectivity index (χ3v) is 3.96. The van der Waals surface area contributed by atoms with Crippen LogP contribution in [-0.2, 0) is 24.2 Å². The molecule has 138 valence electrons. The first-order chi connectivity index (χ1) is 11.3. The Morgan fingerprint density at radius 2 is 1.58 bits per heavy atom. The summed E-state index contributed by atoms with van der Waals surface area (Å²) in [5, 5.41) is 28.3. The normalized spacial score (nSPS) is 13.4. The molecule has 0 amide bonds. The molecule has 0 aromatic heterocycles. The molecule has 24 heavy (non-hydrogen) atoms. The molecule has 0 saturated heterocycles. The van der Waals surface area contributed by atoms with Gasteiger partial charge in [0.2, 0.25) is 0 Å². The van der Waals surface area contributed by atoms with Crippen molar-refractivity contribution in [1.82, 2.24) is 0 Å². The van der Waals surface area contributed by atoms with Crippen LogP contribution in [0.3, 0.4) is 0 Å². The maximum Gasteiger partial charge on any atom is 0.335 e. The van der Waals surface area contributed by atoms with Gasteiger partial charge in [0.05, 0.1) is 12.2 Å². The molecule has 0 aliphatic carbocycles. The van der Waals surface area contributed by atoms with Crippen molar-refractivity contribution in [3.8, 4) is 0 Å². The average Bonchev–Trinajstić information content (AvgIpc) is 2.50. The second kappa shape index (κ2) is 10.6. The second-order valence-electron chi connectivity index (χ2n) is 5.56. The molecule has 8 nitrogen and oxygen atoms in total. The van der Waals surface area contributed by atoms with Gasteiger partial charge >= 0.3 is 17.9 Å². The van der Waals surface area contributed by atoms with Crippen LogP contribution >= 0.6 is 0 Å². The van der Waals surface area contributed by atoms with E-state index in [-0.39, 0.29) is 13.0 Å². The van der Waals surface area contributed by atoms with Gasteiger partial charge in [0.1, 0.15) is 6.26 Å². The lowest BCUT2D eigenvalue weighted by molar-refractivity contribution is -0.250. The fourth-order valence-electron chi connectivity index (χ4n) is 2.29. The second-order valence-corrected chi connectivity index (χ2v) is 5.56. The smallest absolute Gasteiger partial charge is 0.335 e. The minimum Gasteiger partial charge on any atom is -0.480 e. The Labute approximate surface area is 141 Å². The molecule has 1 atom stereocenters. The highest BCUT2D eigenvalue weighted by Crippen LogP contribution is 2.39. The Morgan fingerprint density at radius 1 is 1.04 bits per heavy atom. The van der Waals surface area contributed by atoms with Crippen LogP contribution in [0.15, 0.2) is 11.8 Å². The molecule has 0 spiro atoms. The van der Waals surface area contributed by atoms with Crippen LogP contribution in [-0.4, -0.2) is 39.8 Å². The van der Waals surface area contributed by atoms with Crippen LogP contribution in [0.25, 0.3) is 0 Å². The highest BCUT2D eigenvalue weighted by molar-refractivity contribution is 6.01. The monoisotopic (exact) mass is 346 g/mol. The van der Waals surface area contributed by atoms with E-state index in [1.807, 2.05) is 6.92 Å². The Kier molecular flexibility index (Phi) is 9.71. The van der Waals surface area contributed by atoms with Crippen molar-refractivity contribution in [2.45, 2.75) is 52.9 Å². The molecule has 0 fully saturated rings. The number of carbonyl (C=O) groups is 3. The first-order valence-corrected chi connectivity index (χ1v) is 7.94. The maximum atomic E-state index is 11.7. The standard InChI is InChI=1S/C16H26O8/c1-4-6-8-16(14(19)20,15(21)22)11(3)12(13(17)18)10-24-23-9-7-5-2/h10-11H,4-9H2,1-3H3,(H,17,18)(H,19,20)(H,21,22)/b12-10+. The molecule has 0 aliphatic heterocycles. The van der Waals surface area contributed by atoms with Gasteiger partial charge in [-0.15, -0.1) is 0 Å². The van der Waals surface area contributed by atoms with Crippen molar-refractivity contribution in [1.29, 1.82) is 0 Å². The summed E-state index contributed by atoms with van der Waals surface area (Å²) >= 11 is 0. The number of carboxylic acids is 3. The Balaban J connectivity index is 5.54. The molecule has 3 N–H and O–H groups in total. The van der Waals surface area contributed by atoms with E-state index in [1.54, 1.807) is 6.92 Å². The summed E-state index contributed by atoms with van der Waals surface area (Å²) in [4.78, 5) is 44.3. The quantitative estimate of drug-likeness (QED) is 0.116. The molecule has 0 aromatic carbocycles. The summed E-state index contributed by atoms with van der Waals surface area (Å²) in [7, 11) is 0. The molecule has 8 heteroatoms. The molecular formula is C16H26O8. The van der Waals surface area contributed by atoms with Crippen LogP contribution in [0, 0.1) is 11.3 Å². The number of aliphatic carboxylic acids is 3. The maximum absolute atomic E-state index is 11.7. The number of rotatable bonds is 13. The number of carboxylic acid groups (broad SMARTS) is 3. The zero-order chi connectivity index (χ0) is 18.8. The SMILES string of the molecule is CCCCOO/C=C(/C(=O)O)C(C)C(CCCC)(C(=O)O)C(=O)O. The topological polar surface area (TPSA) is 130 Å². The summed E-state index contributed by atoms with van der Waals surface area (Å²) < 4.78 is 0. The van der Waals surface area contributed by atoms with Gasteiger partial charge in [-0.25, -0.2) is 4.79 Å². The molecule has 0 bridgehead atoms. The number of hydrogen-bond acceptors (Lipinski definition) is 5. The molecule has 0 heterocycles. The third kappa shape index (κ3) is 5.52. The van der Waals surface area contributed by atoms with E-state index in [0.717, 1.165) is 12.7 Å². The number of hydrogen-bond donors (Lipinski definition) is 3. The highest BCUT2D eigenvalue weighted by atomic mass is 17.2.